The van der Waals surface area contributed by atoms with Crippen LogP contribution in [0.4, 0.5) is 0 Å². The van der Waals surface area contributed by atoms with Crippen LogP contribution in [0.25, 0.3) is 10.4 Å². The molecule has 3 heterocycles. The quantitative estimate of drug-likeness (QED) is 0.765. The van der Waals surface area contributed by atoms with E-state index in [9.17, 15) is 9.90 Å². The third-order valence-corrected chi connectivity index (χ3v) is 6.27. The molecule has 1 aromatic carbocycles. The lowest BCUT2D eigenvalue weighted by Crippen LogP contribution is -2.36. The molecular weight excluding hydrogens is 344 g/mol. The van der Waals surface area contributed by atoms with E-state index in [1.54, 1.807) is 29.5 Å². The molecule has 132 valence electrons. The molecular formula is C21H20N2O2S. The van der Waals surface area contributed by atoms with Gasteiger partial charge >= 0.3 is 0 Å². The van der Waals surface area contributed by atoms with Crippen molar-refractivity contribution in [2.45, 2.75) is 24.5 Å². The number of likely N-dealkylation sites (tertiary alicyclic amines) is 1. The fourth-order valence-electron chi connectivity index (χ4n) is 3.68. The second kappa shape index (κ2) is 7.02. The first-order chi connectivity index (χ1) is 12.6. The number of aliphatic hydroxyl groups excluding tert-OH is 1. The van der Waals surface area contributed by atoms with Crippen LogP contribution in [0.15, 0.2) is 67.0 Å². The summed E-state index contributed by atoms with van der Waals surface area (Å²) < 4.78 is 0. The van der Waals surface area contributed by atoms with Crippen LogP contribution in [0.2, 0.25) is 0 Å². The second-order valence-corrected chi connectivity index (χ2v) is 7.72. The molecule has 0 spiro atoms. The van der Waals surface area contributed by atoms with Gasteiger partial charge in [-0.25, -0.2) is 0 Å². The number of benzene rings is 1. The van der Waals surface area contributed by atoms with Crippen molar-refractivity contribution in [1.82, 2.24) is 9.88 Å². The van der Waals surface area contributed by atoms with Crippen LogP contribution in [0, 0.1) is 0 Å². The highest BCUT2D eigenvalue weighted by atomic mass is 32.1. The third kappa shape index (κ3) is 3.04. The summed E-state index contributed by atoms with van der Waals surface area (Å²) in [6.45, 7) is 0. The third-order valence-electron chi connectivity index (χ3n) is 5.06. The van der Waals surface area contributed by atoms with Crippen molar-refractivity contribution < 1.29 is 9.90 Å². The zero-order valence-electron chi connectivity index (χ0n) is 14.4. The number of hydrogen-bond donors (Lipinski definition) is 1. The van der Waals surface area contributed by atoms with Crippen molar-refractivity contribution >= 4 is 17.2 Å². The number of pyridine rings is 1. The van der Waals surface area contributed by atoms with Crippen molar-refractivity contribution in [2.24, 2.45) is 0 Å². The smallest absolute Gasteiger partial charge is 0.223 e. The summed E-state index contributed by atoms with van der Waals surface area (Å²) in [4.78, 5) is 20.1. The van der Waals surface area contributed by atoms with Crippen LogP contribution in [-0.2, 0) is 4.79 Å². The van der Waals surface area contributed by atoms with E-state index >= 15 is 0 Å². The molecule has 3 aromatic rings. The lowest BCUT2D eigenvalue weighted by molar-refractivity contribution is -0.128. The van der Waals surface area contributed by atoms with Crippen molar-refractivity contribution in [3.8, 4) is 10.4 Å². The summed E-state index contributed by atoms with van der Waals surface area (Å²) in [7, 11) is 1.79. The Balaban J connectivity index is 1.64. The molecule has 1 unspecified atom stereocenters. The largest absolute Gasteiger partial charge is 0.385 e. The number of rotatable bonds is 4. The van der Waals surface area contributed by atoms with Gasteiger partial charge in [0.05, 0.1) is 6.04 Å². The first-order valence-corrected chi connectivity index (χ1v) is 9.45. The van der Waals surface area contributed by atoms with Crippen LogP contribution >= 0.6 is 11.3 Å². The SMILES string of the molecule is CN1C(=O)C[C@H](c2ccccc2)[C@@H]1C(O)c1ccc(-c2cccnc2)s1. The summed E-state index contributed by atoms with van der Waals surface area (Å²) in [6.07, 6.45) is 3.28. The maximum Gasteiger partial charge on any atom is 0.223 e. The fourth-order valence-corrected chi connectivity index (χ4v) is 4.70. The van der Waals surface area contributed by atoms with Gasteiger partial charge in [-0.15, -0.1) is 11.3 Å². The van der Waals surface area contributed by atoms with E-state index in [1.807, 2.05) is 60.8 Å². The number of carbonyl (C=O) groups is 1. The minimum atomic E-state index is -0.716. The van der Waals surface area contributed by atoms with Crippen molar-refractivity contribution in [3.63, 3.8) is 0 Å². The second-order valence-electron chi connectivity index (χ2n) is 6.61. The lowest BCUT2D eigenvalue weighted by atomic mass is 9.88. The van der Waals surface area contributed by atoms with Crippen molar-refractivity contribution in [2.75, 3.05) is 7.05 Å². The van der Waals surface area contributed by atoms with Gasteiger partial charge in [0.1, 0.15) is 6.10 Å². The summed E-state index contributed by atoms with van der Waals surface area (Å²) in [5, 5.41) is 11.1. The average molecular weight is 364 g/mol. The van der Waals surface area contributed by atoms with Gasteiger partial charge in [-0.2, -0.15) is 0 Å². The Morgan fingerprint density at radius 1 is 1.15 bits per heavy atom. The zero-order chi connectivity index (χ0) is 18.1. The molecule has 1 saturated heterocycles. The monoisotopic (exact) mass is 364 g/mol. The van der Waals surface area contributed by atoms with Crippen LogP contribution in [-0.4, -0.2) is 34.0 Å². The Hall–Kier alpha value is -2.50. The molecule has 1 aliphatic heterocycles. The Kier molecular flexibility index (Phi) is 4.57. The minimum absolute atomic E-state index is 0.00681. The molecule has 0 aliphatic carbocycles. The summed E-state index contributed by atoms with van der Waals surface area (Å²) in [5.74, 6) is 0.0691. The van der Waals surface area contributed by atoms with E-state index in [-0.39, 0.29) is 17.9 Å². The first-order valence-electron chi connectivity index (χ1n) is 8.64. The van der Waals surface area contributed by atoms with Crippen LogP contribution < -0.4 is 0 Å². The molecule has 26 heavy (non-hydrogen) atoms. The molecule has 0 radical (unpaired) electrons. The number of carbonyl (C=O) groups excluding carboxylic acids is 1. The van der Waals surface area contributed by atoms with E-state index in [2.05, 4.69) is 4.98 Å². The Morgan fingerprint density at radius 3 is 2.69 bits per heavy atom. The number of amides is 1. The number of aliphatic hydroxyl groups is 1. The number of aromatic nitrogens is 1. The molecule has 1 N–H and O–H groups in total. The molecule has 0 saturated carbocycles. The molecule has 3 atom stereocenters. The Labute approximate surface area is 156 Å². The summed E-state index contributed by atoms with van der Waals surface area (Å²) in [5.41, 5.74) is 2.13. The number of nitrogens with zero attached hydrogens (tertiary/aromatic N) is 2. The highest BCUT2D eigenvalue weighted by molar-refractivity contribution is 7.15. The van der Waals surface area contributed by atoms with Gasteiger partial charge in [0.2, 0.25) is 5.91 Å². The predicted molar refractivity (Wildman–Crippen MR) is 103 cm³/mol. The topological polar surface area (TPSA) is 53.4 Å². The Morgan fingerprint density at radius 2 is 1.96 bits per heavy atom. The molecule has 1 aliphatic rings. The molecule has 1 amide bonds. The van der Waals surface area contributed by atoms with Crippen LogP contribution in [0.3, 0.4) is 0 Å². The maximum absolute atomic E-state index is 12.3. The Bertz CT molecular complexity index is 895. The normalized spacial score (nSPS) is 21.2. The summed E-state index contributed by atoms with van der Waals surface area (Å²) in [6, 6.07) is 17.6. The van der Waals surface area contributed by atoms with Crippen LogP contribution in [0.1, 0.15) is 28.9 Å². The highest BCUT2D eigenvalue weighted by Gasteiger charge is 2.43. The van der Waals surface area contributed by atoms with E-state index < -0.39 is 6.10 Å². The van der Waals surface area contributed by atoms with E-state index in [1.165, 1.54) is 0 Å². The van der Waals surface area contributed by atoms with Gasteiger partial charge in [-0.05, 0) is 23.8 Å². The van der Waals surface area contributed by atoms with Gasteiger partial charge < -0.3 is 10.0 Å². The van der Waals surface area contributed by atoms with Crippen molar-refractivity contribution in [1.29, 1.82) is 0 Å². The van der Waals surface area contributed by atoms with Crippen molar-refractivity contribution in [3.05, 3.63) is 77.4 Å². The zero-order valence-corrected chi connectivity index (χ0v) is 15.3. The maximum atomic E-state index is 12.3. The molecule has 4 nitrogen and oxygen atoms in total. The molecule has 0 bridgehead atoms. The molecule has 5 heteroatoms. The van der Waals surface area contributed by atoms with E-state index in [4.69, 9.17) is 0 Å². The number of hydrogen-bond acceptors (Lipinski definition) is 4. The van der Waals surface area contributed by atoms with Gasteiger partial charge in [-0.3, -0.25) is 9.78 Å². The molecule has 4 rings (SSSR count). The lowest BCUT2D eigenvalue weighted by Gasteiger charge is -2.29. The first kappa shape index (κ1) is 16.9. The summed E-state index contributed by atoms with van der Waals surface area (Å²) >= 11 is 1.55. The van der Waals surface area contributed by atoms with Crippen LogP contribution in [0.5, 0.6) is 0 Å². The number of thiophene rings is 1. The van der Waals surface area contributed by atoms with E-state index in [0.717, 1.165) is 20.9 Å². The van der Waals surface area contributed by atoms with Gasteiger partial charge in [-0.1, -0.05) is 36.4 Å². The van der Waals surface area contributed by atoms with Gasteiger partial charge in [0.15, 0.2) is 0 Å². The predicted octanol–water partition coefficient (Wildman–Crippen LogP) is 3.86. The highest BCUT2D eigenvalue weighted by Crippen LogP contribution is 2.42. The fraction of sp³-hybridized carbons (Fsp3) is 0.238. The number of likely N-dealkylation sites (N-methyl/N-ethyl adjacent to an activating group) is 1. The van der Waals surface area contributed by atoms with Gasteiger partial charge in [0, 0.05) is 47.1 Å². The molecule has 1 fully saturated rings. The average Bonchev–Trinajstić information content (AvgIpc) is 3.29. The van der Waals surface area contributed by atoms with E-state index in [0.29, 0.717) is 6.42 Å². The van der Waals surface area contributed by atoms with Gasteiger partial charge in [0.25, 0.3) is 0 Å². The standard InChI is InChI=1S/C21H20N2O2S/c1-23-19(24)12-16(14-6-3-2-4-7-14)20(23)21(25)18-10-9-17(26-18)15-8-5-11-22-13-15/h2-11,13,16,20-21,25H,12H2,1H3/t16-,20-,21?/m1/s1. The molecule has 2 aromatic heterocycles. The minimum Gasteiger partial charge on any atom is -0.385 e.